The molecule has 0 aliphatic carbocycles. The van der Waals surface area contributed by atoms with E-state index in [0.717, 1.165) is 16.7 Å². The van der Waals surface area contributed by atoms with Crippen molar-refractivity contribution in [2.45, 2.75) is 37.3 Å². The Labute approximate surface area is 144 Å². The van der Waals surface area contributed by atoms with E-state index in [1.54, 1.807) is 17.0 Å². The third-order valence-corrected chi connectivity index (χ3v) is 6.23. The van der Waals surface area contributed by atoms with Crippen LogP contribution in [0.25, 0.3) is 0 Å². The first kappa shape index (κ1) is 16.7. The second-order valence-electron chi connectivity index (χ2n) is 6.15. The second kappa shape index (κ2) is 6.03. The molecule has 126 valence electrons. The number of hydrogen-bond donors (Lipinski definition) is 0. The zero-order valence-corrected chi connectivity index (χ0v) is 15.7. The van der Waals surface area contributed by atoms with Gasteiger partial charge in [0.25, 0.3) is 10.0 Å². The summed E-state index contributed by atoms with van der Waals surface area (Å²) in [6.45, 7) is 4.91. The fourth-order valence-electron chi connectivity index (χ4n) is 2.90. The summed E-state index contributed by atoms with van der Waals surface area (Å²) < 4.78 is 31.6. The van der Waals surface area contributed by atoms with Gasteiger partial charge in [-0.3, -0.25) is 4.68 Å². The summed E-state index contributed by atoms with van der Waals surface area (Å²) in [5.74, 6) is 0.951. The summed E-state index contributed by atoms with van der Waals surface area (Å²) in [6.07, 6.45) is 5.93. The highest BCUT2D eigenvalue weighted by Crippen LogP contribution is 2.28. The lowest BCUT2D eigenvalue weighted by Crippen LogP contribution is -2.29. The lowest BCUT2D eigenvalue weighted by atomic mass is 10.2. The van der Waals surface area contributed by atoms with Gasteiger partial charge in [0.2, 0.25) is 0 Å². The van der Waals surface area contributed by atoms with Crippen molar-refractivity contribution in [3.63, 3.8) is 0 Å². The molecule has 0 bridgehead atoms. The normalized spacial score (nSPS) is 19.8. The number of aryl methyl sites for hydroxylation is 1. The van der Waals surface area contributed by atoms with E-state index in [4.69, 9.17) is 0 Å². The number of nitrogens with zero attached hydrogens (tertiary/aromatic N) is 5. The second-order valence-corrected chi connectivity index (χ2v) is 8.95. The van der Waals surface area contributed by atoms with E-state index >= 15 is 0 Å². The van der Waals surface area contributed by atoms with Crippen molar-refractivity contribution in [2.75, 3.05) is 13.1 Å². The number of rotatable bonds is 4. The molecule has 1 fully saturated rings. The molecule has 1 atom stereocenters. The molecule has 1 aliphatic heterocycles. The number of hydrogen-bond acceptors (Lipinski definition) is 4. The van der Waals surface area contributed by atoms with Gasteiger partial charge in [-0.1, -0.05) is 13.8 Å². The maximum absolute atomic E-state index is 12.8. The highest BCUT2D eigenvalue weighted by Gasteiger charge is 2.35. The number of imidazole rings is 1. The van der Waals surface area contributed by atoms with Crippen LogP contribution in [0.5, 0.6) is 0 Å². The molecule has 0 radical (unpaired) electrons. The quantitative estimate of drug-likeness (QED) is 0.786. The van der Waals surface area contributed by atoms with Gasteiger partial charge in [-0.05, 0) is 22.4 Å². The predicted octanol–water partition coefficient (Wildman–Crippen LogP) is 2.14. The maximum Gasteiger partial charge on any atom is 0.262 e. The number of aromatic nitrogens is 4. The lowest BCUT2D eigenvalue weighted by molar-refractivity contribution is 0.433. The van der Waals surface area contributed by atoms with Gasteiger partial charge in [-0.25, -0.2) is 13.4 Å². The number of sulfonamides is 1. The van der Waals surface area contributed by atoms with Crippen molar-refractivity contribution < 1.29 is 8.42 Å². The topological polar surface area (TPSA) is 73.0 Å². The van der Waals surface area contributed by atoms with Crippen LogP contribution < -0.4 is 0 Å². The summed E-state index contributed by atoms with van der Waals surface area (Å²) in [7, 11) is -1.73. The minimum atomic E-state index is -3.56. The fraction of sp³-hybridized carbons (Fsp3) is 0.571. The van der Waals surface area contributed by atoms with Gasteiger partial charge in [0.15, 0.2) is 5.03 Å². The zero-order valence-electron chi connectivity index (χ0n) is 13.3. The van der Waals surface area contributed by atoms with Crippen molar-refractivity contribution in [1.29, 1.82) is 0 Å². The summed E-state index contributed by atoms with van der Waals surface area (Å²) >= 11 is 3.37. The van der Waals surface area contributed by atoms with Crippen molar-refractivity contribution in [1.82, 2.24) is 23.6 Å². The largest absolute Gasteiger partial charge is 0.336 e. The van der Waals surface area contributed by atoms with E-state index in [0.29, 0.717) is 13.1 Å². The van der Waals surface area contributed by atoms with Gasteiger partial charge in [0.1, 0.15) is 5.82 Å². The molecule has 7 nitrogen and oxygen atoms in total. The minimum Gasteiger partial charge on any atom is -0.336 e. The molecule has 1 saturated heterocycles. The summed E-state index contributed by atoms with van der Waals surface area (Å²) in [4.78, 5) is 4.33. The smallest absolute Gasteiger partial charge is 0.262 e. The molecule has 3 rings (SSSR count). The highest BCUT2D eigenvalue weighted by molar-refractivity contribution is 9.10. The van der Waals surface area contributed by atoms with Crippen LogP contribution >= 0.6 is 15.9 Å². The Morgan fingerprint density at radius 3 is 2.65 bits per heavy atom. The average Bonchev–Trinajstić information content (AvgIpc) is 3.16. The Morgan fingerprint density at radius 1 is 1.35 bits per heavy atom. The van der Waals surface area contributed by atoms with E-state index in [-0.39, 0.29) is 17.0 Å². The van der Waals surface area contributed by atoms with Gasteiger partial charge in [0.05, 0.1) is 16.7 Å². The van der Waals surface area contributed by atoms with Crippen molar-refractivity contribution in [3.05, 3.63) is 28.9 Å². The Bertz CT molecular complexity index is 811. The van der Waals surface area contributed by atoms with E-state index in [9.17, 15) is 8.42 Å². The maximum atomic E-state index is 12.8. The molecule has 0 spiro atoms. The van der Waals surface area contributed by atoms with Crippen LogP contribution in [0.4, 0.5) is 0 Å². The van der Waals surface area contributed by atoms with Crippen molar-refractivity contribution >= 4 is 26.0 Å². The molecule has 1 aliphatic rings. The first-order valence-corrected chi connectivity index (χ1v) is 9.75. The number of halogens is 1. The first-order chi connectivity index (χ1) is 10.8. The van der Waals surface area contributed by atoms with E-state index in [2.05, 4.69) is 26.0 Å². The molecule has 0 amide bonds. The van der Waals surface area contributed by atoms with Crippen LogP contribution in [0.1, 0.15) is 38.1 Å². The van der Waals surface area contributed by atoms with E-state index in [1.807, 2.05) is 31.8 Å². The molecule has 2 aromatic heterocycles. The van der Waals surface area contributed by atoms with Crippen molar-refractivity contribution in [3.8, 4) is 0 Å². The van der Waals surface area contributed by atoms with Crippen LogP contribution in [-0.4, -0.2) is 45.1 Å². The van der Waals surface area contributed by atoms with Gasteiger partial charge < -0.3 is 4.57 Å². The van der Waals surface area contributed by atoms with Gasteiger partial charge in [-0.15, -0.1) is 0 Å². The molecule has 9 heteroatoms. The third kappa shape index (κ3) is 3.09. The molecular formula is C14H20BrN5O2S. The van der Waals surface area contributed by atoms with Crippen LogP contribution in [-0.2, 0) is 17.1 Å². The highest BCUT2D eigenvalue weighted by atomic mass is 79.9. The summed E-state index contributed by atoms with van der Waals surface area (Å²) in [5, 5.41) is 4.39. The molecule has 3 heterocycles. The van der Waals surface area contributed by atoms with Gasteiger partial charge in [-0.2, -0.15) is 9.40 Å². The van der Waals surface area contributed by atoms with E-state index < -0.39 is 10.0 Å². The predicted molar refractivity (Wildman–Crippen MR) is 89.6 cm³/mol. The molecule has 0 aromatic carbocycles. The van der Waals surface area contributed by atoms with Crippen LogP contribution in [0.15, 0.2) is 28.1 Å². The Kier molecular flexibility index (Phi) is 4.37. The standard InChI is InChI=1S/C14H20BrN5O2S/c1-10(2)14-17-13(9-18(14)3)23(21,22)19-5-4-12(8-19)20-7-11(15)6-16-20/h6-7,9-10,12H,4-5,8H2,1-3H3. The Hall–Kier alpha value is -1.19. The van der Waals surface area contributed by atoms with Crippen molar-refractivity contribution in [2.24, 2.45) is 7.05 Å². The van der Waals surface area contributed by atoms with Crippen LogP contribution in [0.3, 0.4) is 0 Å². The SMILES string of the molecule is CC(C)c1nc(S(=O)(=O)N2CCC(n3cc(Br)cn3)C2)cn1C. The molecule has 1 unspecified atom stereocenters. The van der Waals surface area contributed by atoms with Gasteiger partial charge in [0, 0.05) is 38.4 Å². The Morgan fingerprint density at radius 2 is 2.09 bits per heavy atom. The summed E-state index contributed by atoms with van der Waals surface area (Å²) in [5.41, 5.74) is 0. The molecule has 0 saturated carbocycles. The first-order valence-electron chi connectivity index (χ1n) is 7.52. The fourth-order valence-corrected chi connectivity index (χ4v) is 4.68. The molecule has 23 heavy (non-hydrogen) atoms. The molecule has 2 aromatic rings. The lowest BCUT2D eigenvalue weighted by Gasteiger charge is -2.15. The van der Waals surface area contributed by atoms with Crippen LogP contribution in [0, 0.1) is 0 Å². The van der Waals surface area contributed by atoms with Gasteiger partial charge >= 0.3 is 0 Å². The minimum absolute atomic E-state index is 0.0596. The Balaban J connectivity index is 1.82. The van der Waals surface area contributed by atoms with E-state index in [1.165, 1.54) is 4.31 Å². The van der Waals surface area contributed by atoms with Crippen LogP contribution in [0.2, 0.25) is 0 Å². The monoisotopic (exact) mass is 401 g/mol. The third-order valence-electron chi connectivity index (χ3n) is 4.08. The summed E-state index contributed by atoms with van der Waals surface area (Å²) in [6, 6.07) is 0.0596. The molecule has 0 N–H and O–H groups in total. The zero-order chi connectivity index (χ0) is 16.8. The average molecular weight is 402 g/mol. The molecular weight excluding hydrogens is 382 g/mol.